The summed E-state index contributed by atoms with van der Waals surface area (Å²) in [4.78, 5) is 2.31. The van der Waals surface area contributed by atoms with E-state index in [0.29, 0.717) is 52.9 Å². The van der Waals surface area contributed by atoms with E-state index in [1.165, 1.54) is 21.3 Å². The van der Waals surface area contributed by atoms with Crippen LogP contribution in [0.25, 0.3) is 0 Å². The van der Waals surface area contributed by atoms with Gasteiger partial charge in [0.25, 0.3) is 0 Å². The van der Waals surface area contributed by atoms with Gasteiger partial charge in [-0.15, -0.1) is 0 Å². The molecular weight excluding hydrogens is 374 g/mol. The number of anilines is 1. The maximum absolute atomic E-state index is 5.69. The lowest BCUT2D eigenvalue weighted by atomic mass is 10.1. The number of nitrogens with zero attached hydrogens (tertiary/aromatic N) is 1. The molecule has 0 radical (unpaired) electrons. The number of ether oxygens (including phenoxy) is 4. The van der Waals surface area contributed by atoms with Crippen molar-refractivity contribution < 1.29 is 18.9 Å². The first-order chi connectivity index (χ1) is 11.7. The molecule has 0 atom stereocenters. The second kappa shape index (κ2) is 11.1. The molecule has 1 heterocycles. The molecule has 0 aromatic heterocycles. The van der Waals surface area contributed by atoms with Crippen molar-refractivity contribution in [1.82, 2.24) is 0 Å². The van der Waals surface area contributed by atoms with Crippen molar-refractivity contribution >= 4 is 21.6 Å². The van der Waals surface area contributed by atoms with Crippen LogP contribution in [0.3, 0.4) is 0 Å². The minimum Gasteiger partial charge on any atom is -0.377 e. The third-order valence-electron chi connectivity index (χ3n) is 3.91. The molecule has 2 rings (SSSR count). The highest BCUT2D eigenvalue weighted by Gasteiger charge is 2.10. The monoisotopic (exact) mass is 401 g/mol. The first-order valence-corrected chi connectivity index (χ1v) is 9.30. The molecule has 1 aliphatic rings. The average molecular weight is 402 g/mol. The fraction of sp³-hybridized carbons (Fsp3) is 0.667. The van der Waals surface area contributed by atoms with Crippen molar-refractivity contribution in [2.75, 3.05) is 70.8 Å². The zero-order valence-electron chi connectivity index (χ0n) is 14.7. The van der Waals surface area contributed by atoms with E-state index in [4.69, 9.17) is 18.9 Å². The number of aryl methyl sites for hydroxylation is 2. The number of rotatable bonds is 1. The molecule has 6 heteroatoms. The van der Waals surface area contributed by atoms with Crippen LogP contribution < -0.4 is 4.90 Å². The number of benzene rings is 1. The number of hydrogen-bond donors (Lipinski definition) is 0. The van der Waals surface area contributed by atoms with Crippen LogP contribution >= 0.6 is 15.9 Å². The molecule has 0 N–H and O–H groups in total. The molecule has 0 bridgehead atoms. The van der Waals surface area contributed by atoms with E-state index in [2.05, 4.69) is 46.8 Å². The summed E-state index contributed by atoms with van der Waals surface area (Å²) in [6.07, 6.45) is 0. The van der Waals surface area contributed by atoms with Gasteiger partial charge in [-0.05, 0) is 37.1 Å². The second-order valence-corrected chi connectivity index (χ2v) is 6.62. The van der Waals surface area contributed by atoms with Crippen LogP contribution in [0.2, 0.25) is 0 Å². The summed E-state index contributed by atoms with van der Waals surface area (Å²) in [5, 5.41) is 0. The van der Waals surface area contributed by atoms with Gasteiger partial charge in [0, 0.05) is 23.2 Å². The second-order valence-electron chi connectivity index (χ2n) is 5.83. The molecule has 1 fully saturated rings. The first kappa shape index (κ1) is 19.7. The summed E-state index contributed by atoms with van der Waals surface area (Å²) in [6, 6.07) is 4.41. The van der Waals surface area contributed by atoms with E-state index in [0.717, 1.165) is 13.1 Å². The third-order valence-corrected chi connectivity index (χ3v) is 5.16. The molecule has 0 spiro atoms. The SMILES string of the molecule is Cc1cc(N2CCOCCOCCOCCOCC2)cc(C)c1Br. The average Bonchev–Trinajstić information content (AvgIpc) is 2.58. The van der Waals surface area contributed by atoms with Gasteiger partial charge in [-0.25, -0.2) is 0 Å². The van der Waals surface area contributed by atoms with E-state index >= 15 is 0 Å². The van der Waals surface area contributed by atoms with Crippen LogP contribution in [-0.2, 0) is 18.9 Å². The minimum absolute atomic E-state index is 0.604. The highest BCUT2D eigenvalue weighted by atomic mass is 79.9. The Labute approximate surface area is 153 Å². The fourth-order valence-electron chi connectivity index (χ4n) is 2.59. The van der Waals surface area contributed by atoms with Gasteiger partial charge >= 0.3 is 0 Å². The topological polar surface area (TPSA) is 40.2 Å². The number of halogens is 1. The summed E-state index contributed by atoms with van der Waals surface area (Å²) in [6.45, 7) is 10.9. The molecule has 136 valence electrons. The van der Waals surface area contributed by atoms with Crippen LogP contribution in [0, 0.1) is 13.8 Å². The van der Waals surface area contributed by atoms with Crippen molar-refractivity contribution in [2.45, 2.75) is 13.8 Å². The molecule has 0 saturated carbocycles. The quantitative estimate of drug-likeness (QED) is 0.723. The lowest BCUT2D eigenvalue weighted by Crippen LogP contribution is -2.31. The predicted octanol–water partition coefficient (Wildman–Crippen LogP) is 2.95. The van der Waals surface area contributed by atoms with E-state index < -0.39 is 0 Å². The van der Waals surface area contributed by atoms with Gasteiger partial charge in [0.05, 0.1) is 52.9 Å². The molecule has 24 heavy (non-hydrogen) atoms. The van der Waals surface area contributed by atoms with Gasteiger partial charge < -0.3 is 23.8 Å². The maximum atomic E-state index is 5.69. The van der Waals surface area contributed by atoms with Gasteiger partial charge in [-0.3, -0.25) is 0 Å². The molecule has 0 unspecified atom stereocenters. The maximum Gasteiger partial charge on any atom is 0.0701 e. The van der Waals surface area contributed by atoms with E-state index in [1.54, 1.807) is 0 Å². The Balaban J connectivity index is 1.98. The molecule has 1 saturated heterocycles. The summed E-state index contributed by atoms with van der Waals surface area (Å²) >= 11 is 3.63. The standard InChI is InChI=1S/C18H28BrNO4/c1-15-13-17(14-16(2)18(15)19)20-3-5-21-7-9-23-11-12-24-10-8-22-6-4-20/h13-14H,3-12H2,1-2H3. The highest BCUT2D eigenvalue weighted by molar-refractivity contribution is 9.10. The molecule has 5 nitrogen and oxygen atoms in total. The van der Waals surface area contributed by atoms with E-state index in [1.807, 2.05) is 0 Å². The molecule has 1 aromatic carbocycles. The Morgan fingerprint density at radius 2 is 1.08 bits per heavy atom. The summed E-state index contributed by atoms with van der Waals surface area (Å²) in [5.74, 6) is 0. The summed E-state index contributed by atoms with van der Waals surface area (Å²) < 4.78 is 23.5. The summed E-state index contributed by atoms with van der Waals surface area (Å²) in [7, 11) is 0. The predicted molar refractivity (Wildman–Crippen MR) is 99.1 cm³/mol. The molecule has 0 amide bonds. The van der Waals surface area contributed by atoms with Gasteiger partial charge in [0.2, 0.25) is 0 Å². The van der Waals surface area contributed by atoms with Crippen molar-refractivity contribution in [2.24, 2.45) is 0 Å². The highest BCUT2D eigenvalue weighted by Crippen LogP contribution is 2.27. The molecule has 1 aromatic rings. The first-order valence-electron chi connectivity index (χ1n) is 8.51. The Bertz CT molecular complexity index is 459. The Morgan fingerprint density at radius 3 is 1.50 bits per heavy atom. The van der Waals surface area contributed by atoms with Gasteiger partial charge in [0.15, 0.2) is 0 Å². The zero-order valence-corrected chi connectivity index (χ0v) is 16.3. The van der Waals surface area contributed by atoms with Gasteiger partial charge in [-0.1, -0.05) is 15.9 Å². The lowest BCUT2D eigenvalue weighted by Gasteiger charge is -2.26. The van der Waals surface area contributed by atoms with Crippen LogP contribution in [0.15, 0.2) is 16.6 Å². The third kappa shape index (κ3) is 6.69. The van der Waals surface area contributed by atoms with Crippen LogP contribution in [0.4, 0.5) is 5.69 Å². The van der Waals surface area contributed by atoms with Crippen molar-refractivity contribution in [3.63, 3.8) is 0 Å². The minimum atomic E-state index is 0.604. The van der Waals surface area contributed by atoms with Crippen molar-refractivity contribution in [3.05, 3.63) is 27.7 Å². The van der Waals surface area contributed by atoms with Crippen molar-refractivity contribution in [3.8, 4) is 0 Å². The van der Waals surface area contributed by atoms with Crippen LogP contribution in [-0.4, -0.2) is 65.9 Å². The number of hydrogen-bond acceptors (Lipinski definition) is 5. The Hall–Kier alpha value is -0.660. The fourth-order valence-corrected chi connectivity index (χ4v) is 2.82. The van der Waals surface area contributed by atoms with E-state index in [-0.39, 0.29) is 0 Å². The lowest BCUT2D eigenvalue weighted by molar-refractivity contribution is 0.00206. The normalized spacial score (nSPS) is 19.5. The Morgan fingerprint density at radius 1 is 0.708 bits per heavy atom. The molecule has 1 aliphatic heterocycles. The van der Waals surface area contributed by atoms with Gasteiger partial charge in [0.1, 0.15) is 0 Å². The molecular formula is C18H28BrNO4. The zero-order chi connectivity index (χ0) is 17.2. The molecule has 0 aliphatic carbocycles. The largest absolute Gasteiger partial charge is 0.377 e. The van der Waals surface area contributed by atoms with Gasteiger partial charge in [-0.2, -0.15) is 0 Å². The van der Waals surface area contributed by atoms with Crippen LogP contribution in [0.1, 0.15) is 11.1 Å². The summed E-state index contributed by atoms with van der Waals surface area (Å²) in [5.41, 5.74) is 3.69. The van der Waals surface area contributed by atoms with Crippen molar-refractivity contribution in [1.29, 1.82) is 0 Å². The smallest absolute Gasteiger partial charge is 0.0701 e. The van der Waals surface area contributed by atoms with Crippen LogP contribution in [0.5, 0.6) is 0 Å². The van der Waals surface area contributed by atoms with E-state index in [9.17, 15) is 0 Å². The Kier molecular flexibility index (Phi) is 9.05.